The molecule has 0 heterocycles. The van der Waals surface area contributed by atoms with Crippen LogP contribution >= 0.6 is 0 Å². The fraction of sp³-hybridized carbons (Fsp3) is 1.00. The Labute approximate surface area is 102 Å². The second-order valence-electron chi connectivity index (χ2n) is 4.17. The summed E-state index contributed by atoms with van der Waals surface area (Å²) in [7, 11) is 0. The third-order valence-corrected chi connectivity index (χ3v) is 3.17. The van der Waals surface area contributed by atoms with Crippen molar-refractivity contribution < 1.29 is 52.7 Å². The van der Waals surface area contributed by atoms with Crippen LogP contribution in [0.4, 0.5) is 52.7 Å². The Morgan fingerprint density at radius 1 is 0.400 bits per heavy atom. The van der Waals surface area contributed by atoms with E-state index in [0.717, 1.165) is 0 Å². The molecule has 1 rings (SSSR count). The van der Waals surface area contributed by atoms with Crippen LogP contribution in [-0.2, 0) is 0 Å². The molecule has 12 heteroatoms. The highest BCUT2D eigenvalue weighted by Crippen LogP contribution is 2.68. The summed E-state index contributed by atoms with van der Waals surface area (Å²) in [6.07, 6.45) is 0. The number of rotatable bonds is 2. The van der Waals surface area contributed by atoms with Gasteiger partial charge in [0.15, 0.2) is 0 Å². The van der Waals surface area contributed by atoms with E-state index in [4.69, 9.17) is 0 Å². The van der Waals surface area contributed by atoms with Gasteiger partial charge in [0.1, 0.15) is 13.3 Å². The van der Waals surface area contributed by atoms with Crippen molar-refractivity contribution in [1.82, 2.24) is 0 Å². The molecular formula is C8H4F12. The van der Waals surface area contributed by atoms with Gasteiger partial charge < -0.3 is 0 Å². The molecule has 0 aromatic carbocycles. The third kappa shape index (κ3) is 1.28. The standard InChI is InChI=1S/C8H4F12/c9-1-3(11)4(12,2-10)6(15,16)8(19,20)7(17,18)5(3,13)14/h1-2H2. The maximum atomic E-state index is 13.4. The van der Waals surface area contributed by atoms with Gasteiger partial charge in [0.05, 0.1) is 0 Å². The highest BCUT2D eigenvalue weighted by Gasteiger charge is 2.99. The quantitative estimate of drug-likeness (QED) is 0.675. The largest absolute Gasteiger partial charge is 0.381 e. The van der Waals surface area contributed by atoms with Crippen molar-refractivity contribution in [3.63, 3.8) is 0 Å². The molecule has 2 atom stereocenters. The Morgan fingerprint density at radius 2 is 0.600 bits per heavy atom. The lowest BCUT2D eigenvalue weighted by atomic mass is 9.66. The van der Waals surface area contributed by atoms with Gasteiger partial charge in [0.2, 0.25) is 0 Å². The molecular weight excluding hydrogens is 324 g/mol. The Hall–Kier alpha value is -0.840. The molecule has 0 N–H and O–H groups in total. The molecule has 1 aliphatic carbocycles. The first-order valence-electron chi connectivity index (χ1n) is 4.63. The molecule has 0 aromatic rings. The molecule has 0 nitrogen and oxygen atoms in total. The van der Waals surface area contributed by atoms with Crippen LogP contribution in [0.3, 0.4) is 0 Å². The zero-order chi connectivity index (χ0) is 16.4. The van der Waals surface area contributed by atoms with Crippen LogP contribution in [0.25, 0.3) is 0 Å². The van der Waals surface area contributed by atoms with Gasteiger partial charge in [-0.3, -0.25) is 0 Å². The van der Waals surface area contributed by atoms with Gasteiger partial charge in [-0.25, -0.2) is 17.6 Å². The van der Waals surface area contributed by atoms with Crippen LogP contribution < -0.4 is 0 Å². The van der Waals surface area contributed by atoms with E-state index in [0.29, 0.717) is 0 Å². The summed E-state index contributed by atoms with van der Waals surface area (Å²) in [6, 6.07) is 0. The Bertz CT molecular complexity index is 364. The number of hydrogen-bond donors (Lipinski definition) is 0. The molecule has 0 radical (unpaired) electrons. The SMILES string of the molecule is FCC1(F)C(F)(F)C(F)(F)C(F)(F)C(F)(F)C1(F)CF. The van der Waals surface area contributed by atoms with Gasteiger partial charge in [-0.15, -0.1) is 0 Å². The molecule has 0 bridgehead atoms. The monoisotopic (exact) mass is 328 g/mol. The van der Waals surface area contributed by atoms with E-state index in [1.807, 2.05) is 0 Å². The van der Waals surface area contributed by atoms with Gasteiger partial charge in [-0.05, 0) is 0 Å². The molecule has 0 aliphatic heterocycles. The number of alkyl halides is 12. The zero-order valence-electron chi connectivity index (χ0n) is 8.95. The predicted molar refractivity (Wildman–Crippen MR) is 39.4 cm³/mol. The van der Waals surface area contributed by atoms with E-state index in [1.54, 1.807) is 0 Å². The van der Waals surface area contributed by atoms with Crippen molar-refractivity contribution in [2.24, 2.45) is 0 Å². The molecule has 20 heavy (non-hydrogen) atoms. The lowest BCUT2D eigenvalue weighted by Crippen LogP contribution is -2.86. The average Bonchev–Trinajstić information content (AvgIpc) is 2.34. The molecule has 0 spiro atoms. The fourth-order valence-electron chi connectivity index (χ4n) is 1.77. The van der Waals surface area contributed by atoms with Crippen LogP contribution in [0, 0.1) is 0 Å². The number of hydrogen-bond acceptors (Lipinski definition) is 0. The van der Waals surface area contributed by atoms with E-state index in [-0.39, 0.29) is 0 Å². The molecule has 0 amide bonds. The molecule has 1 aliphatic rings. The second kappa shape index (κ2) is 3.87. The fourth-order valence-corrected chi connectivity index (χ4v) is 1.77. The normalized spacial score (nSPS) is 41.4. The Balaban J connectivity index is 3.82. The summed E-state index contributed by atoms with van der Waals surface area (Å²) in [5.41, 5.74) is -12.4. The maximum absolute atomic E-state index is 13.4. The minimum absolute atomic E-state index is 3.57. The van der Waals surface area contributed by atoms with Gasteiger partial charge in [-0.2, -0.15) is 35.1 Å². The van der Waals surface area contributed by atoms with E-state index in [9.17, 15) is 52.7 Å². The first kappa shape index (κ1) is 17.2. The van der Waals surface area contributed by atoms with Gasteiger partial charge in [-0.1, -0.05) is 0 Å². The van der Waals surface area contributed by atoms with Crippen LogP contribution in [0.5, 0.6) is 0 Å². The molecule has 2 unspecified atom stereocenters. The molecule has 1 fully saturated rings. The summed E-state index contributed by atoms with van der Waals surface area (Å²) in [5.74, 6) is -28.1. The Kier molecular flexibility index (Phi) is 3.33. The van der Waals surface area contributed by atoms with Crippen molar-refractivity contribution in [3.05, 3.63) is 0 Å². The third-order valence-electron chi connectivity index (χ3n) is 3.17. The number of halogens is 12. The van der Waals surface area contributed by atoms with Crippen LogP contribution in [-0.4, -0.2) is 48.4 Å². The van der Waals surface area contributed by atoms with Gasteiger partial charge in [0.25, 0.3) is 11.3 Å². The zero-order valence-corrected chi connectivity index (χ0v) is 8.95. The summed E-state index contributed by atoms with van der Waals surface area (Å²) < 4.78 is 154. The molecule has 0 saturated heterocycles. The van der Waals surface area contributed by atoms with E-state index in [2.05, 4.69) is 0 Å². The van der Waals surface area contributed by atoms with E-state index >= 15 is 0 Å². The van der Waals surface area contributed by atoms with Crippen molar-refractivity contribution >= 4 is 0 Å². The minimum atomic E-state index is -7.14. The lowest BCUT2D eigenvalue weighted by Gasteiger charge is -2.54. The summed E-state index contributed by atoms with van der Waals surface area (Å²) in [4.78, 5) is 0. The van der Waals surface area contributed by atoms with E-state index < -0.39 is 48.4 Å². The van der Waals surface area contributed by atoms with Crippen molar-refractivity contribution in [2.45, 2.75) is 35.0 Å². The van der Waals surface area contributed by atoms with Crippen molar-refractivity contribution in [2.75, 3.05) is 13.3 Å². The lowest BCUT2D eigenvalue weighted by molar-refractivity contribution is -0.465. The topological polar surface area (TPSA) is 0 Å². The minimum Gasteiger partial charge on any atom is -0.247 e. The first-order chi connectivity index (χ1) is 8.62. The summed E-state index contributed by atoms with van der Waals surface area (Å²) in [5, 5.41) is 0. The maximum Gasteiger partial charge on any atom is 0.381 e. The molecule has 0 aromatic heterocycles. The van der Waals surface area contributed by atoms with Gasteiger partial charge >= 0.3 is 23.7 Å². The highest BCUT2D eigenvalue weighted by atomic mass is 19.4. The van der Waals surface area contributed by atoms with E-state index in [1.165, 1.54) is 0 Å². The predicted octanol–water partition coefficient (Wildman–Crippen LogP) is 3.90. The molecule has 120 valence electrons. The van der Waals surface area contributed by atoms with Crippen LogP contribution in [0.1, 0.15) is 0 Å². The van der Waals surface area contributed by atoms with Crippen molar-refractivity contribution in [3.8, 4) is 0 Å². The summed E-state index contributed by atoms with van der Waals surface area (Å²) >= 11 is 0. The van der Waals surface area contributed by atoms with Crippen LogP contribution in [0.2, 0.25) is 0 Å². The smallest absolute Gasteiger partial charge is 0.247 e. The first-order valence-corrected chi connectivity index (χ1v) is 4.63. The van der Waals surface area contributed by atoms with Crippen molar-refractivity contribution in [1.29, 1.82) is 0 Å². The van der Waals surface area contributed by atoms with Crippen LogP contribution in [0.15, 0.2) is 0 Å². The Morgan fingerprint density at radius 3 is 0.750 bits per heavy atom. The second-order valence-corrected chi connectivity index (χ2v) is 4.17. The molecule has 1 saturated carbocycles. The average molecular weight is 328 g/mol. The summed E-state index contributed by atoms with van der Waals surface area (Å²) in [6.45, 7) is -7.14. The van der Waals surface area contributed by atoms with Gasteiger partial charge in [0, 0.05) is 0 Å². The highest BCUT2D eigenvalue weighted by molar-refractivity contribution is 5.29.